The van der Waals surface area contributed by atoms with E-state index in [9.17, 15) is 0 Å². The summed E-state index contributed by atoms with van der Waals surface area (Å²) in [4.78, 5) is 0. The third kappa shape index (κ3) is 10.8. The van der Waals surface area contributed by atoms with Gasteiger partial charge in [0.05, 0.1) is 0 Å². The van der Waals surface area contributed by atoms with E-state index < -0.39 is 0 Å². The summed E-state index contributed by atoms with van der Waals surface area (Å²) in [5.41, 5.74) is 14.6. The molecule has 0 nitrogen and oxygen atoms in total. The van der Waals surface area contributed by atoms with Crippen LogP contribution in [0.3, 0.4) is 0 Å². The van der Waals surface area contributed by atoms with Gasteiger partial charge in [-0.1, -0.05) is 129 Å². The number of aryl methyl sites for hydroxylation is 1. The van der Waals surface area contributed by atoms with Gasteiger partial charge >= 0.3 is 70.3 Å². The third-order valence-corrected chi connectivity index (χ3v) is 8.89. The van der Waals surface area contributed by atoms with E-state index in [2.05, 4.69) is 160 Å². The van der Waals surface area contributed by atoms with E-state index in [1.807, 2.05) is 0 Å². The van der Waals surface area contributed by atoms with Gasteiger partial charge in [-0.25, -0.2) is 5.57 Å². The fraction of sp³-hybridized carbons (Fsp3) is 0.439. The molecule has 2 aliphatic rings. The van der Waals surface area contributed by atoms with Gasteiger partial charge in [0.15, 0.2) is 0 Å². The molecule has 44 heavy (non-hydrogen) atoms. The average molecular weight is 707 g/mol. The second-order valence-corrected chi connectivity index (χ2v) is 15.7. The summed E-state index contributed by atoms with van der Waals surface area (Å²) >= 11 is 1.47. The van der Waals surface area contributed by atoms with E-state index in [0.29, 0.717) is 11.3 Å². The normalized spacial score (nSPS) is 15.1. The molecule has 0 N–H and O–H groups in total. The van der Waals surface area contributed by atoms with E-state index in [-0.39, 0.29) is 35.6 Å². The predicted molar refractivity (Wildman–Crippen MR) is 181 cm³/mol. The molecule has 3 aromatic carbocycles. The van der Waals surface area contributed by atoms with Gasteiger partial charge in [-0.15, -0.1) is 5.56 Å². The molecule has 2 aliphatic carbocycles. The van der Waals surface area contributed by atoms with Crippen molar-refractivity contribution in [3.05, 3.63) is 117 Å². The molecule has 0 spiro atoms. The maximum absolute atomic E-state index is 3.53. The maximum Gasteiger partial charge on any atom is -1.00 e. The molecule has 0 aromatic heterocycles. The summed E-state index contributed by atoms with van der Waals surface area (Å²) in [5.74, 6) is 0.522. The van der Waals surface area contributed by atoms with Crippen LogP contribution in [0.5, 0.6) is 0 Å². The summed E-state index contributed by atoms with van der Waals surface area (Å²) in [6, 6.07) is 23.6. The molecule has 3 aromatic rings. The molecule has 0 aliphatic heterocycles. The molecule has 1 atom stereocenters. The van der Waals surface area contributed by atoms with Crippen LogP contribution in [-0.4, -0.2) is 3.71 Å². The summed E-state index contributed by atoms with van der Waals surface area (Å²) in [6.07, 6.45) is 7.98. The van der Waals surface area contributed by atoms with Crippen LogP contribution in [0.25, 0.3) is 11.1 Å². The average Bonchev–Trinajstić information content (AvgIpc) is 3.48. The Balaban J connectivity index is 0.000000359. The minimum atomic E-state index is 0. The molecule has 3 heteroatoms. The fourth-order valence-electron chi connectivity index (χ4n) is 5.39. The van der Waals surface area contributed by atoms with Gasteiger partial charge in [-0.05, 0) is 17.4 Å². The van der Waals surface area contributed by atoms with Crippen LogP contribution in [-0.2, 0) is 41.5 Å². The summed E-state index contributed by atoms with van der Waals surface area (Å²) in [6.45, 7) is 27.0. The van der Waals surface area contributed by atoms with Crippen LogP contribution in [0.1, 0.15) is 116 Å². The van der Waals surface area contributed by atoms with Crippen molar-refractivity contribution in [2.75, 3.05) is 0 Å². The van der Waals surface area contributed by atoms with Crippen LogP contribution in [0.2, 0.25) is 0 Å². The Bertz CT molecular complexity index is 1390. The van der Waals surface area contributed by atoms with Crippen LogP contribution in [0, 0.1) is 30.4 Å². The Labute approximate surface area is 297 Å². The van der Waals surface area contributed by atoms with Crippen molar-refractivity contribution >= 4 is 3.71 Å². The molecule has 0 bridgehead atoms. The van der Waals surface area contributed by atoms with Gasteiger partial charge in [0.2, 0.25) is 0 Å². The van der Waals surface area contributed by atoms with Gasteiger partial charge < -0.3 is 24.8 Å². The largest absolute Gasteiger partial charge is 1.00 e. The predicted octanol–water partition coefficient (Wildman–Crippen LogP) is 5.10. The Morgan fingerprint density at radius 1 is 0.795 bits per heavy atom. The first-order chi connectivity index (χ1) is 19.4. The number of rotatable bonds is 2. The van der Waals surface area contributed by atoms with Crippen molar-refractivity contribution in [3.8, 4) is 11.1 Å². The molecule has 236 valence electrons. The minimum Gasteiger partial charge on any atom is -1.00 e. The van der Waals surface area contributed by atoms with Crippen molar-refractivity contribution in [1.29, 1.82) is 0 Å². The zero-order chi connectivity index (χ0) is 31.5. The third-order valence-electron chi connectivity index (χ3n) is 8.08. The van der Waals surface area contributed by atoms with Gasteiger partial charge in [-0.3, -0.25) is 6.08 Å². The first-order valence-corrected chi connectivity index (χ1v) is 17.0. The monoisotopic (exact) mass is 704 g/mol. The van der Waals surface area contributed by atoms with Crippen molar-refractivity contribution < 1.29 is 49.0 Å². The number of hydrogen-bond acceptors (Lipinski definition) is 0. The van der Waals surface area contributed by atoms with Gasteiger partial charge in [0, 0.05) is 0 Å². The maximum atomic E-state index is 3.53. The number of benzene rings is 3. The SMILES string of the molecule is CC(C)(C)c1c[c-]c2c(c1)-c1cc(C(C)(C)C)ccc1C2.CCC1=[C-]C(C)C=C1C(C)(C)C.Cc1ccc([CH]=[Zr+2])cc1.[Cl-].[Cl-]. The quantitative estimate of drug-likeness (QED) is 0.255. The number of hydrogen-bond donors (Lipinski definition) is 0. The van der Waals surface area contributed by atoms with Crippen molar-refractivity contribution in [2.45, 2.75) is 107 Å². The Morgan fingerprint density at radius 2 is 1.36 bits per heavy atom. The summed E-state index contributed by atoms with van der Waals surface area (Å²) in [5, 5.41) is 0. The molecule has 0 saturated carbocycles. The molecule has 0 fully saturated rings. The van der Waals surface area contributed by atoms with Gasteiger partial charge in [-0.2, -0.15) is 41.0 Å². The summed E-state index contributed by atoms with van der Waals surface area (Å²) in [7, 11) is 0. The topological polar surface area (TPSA) is 0 Å². The van der Waals surface area contributed by atoms with Crippen LogP contribution >= 0.6 is 0 Å². The van der Waals surface area contributed by atoms with Crippen LogP contribution in [0.4, 0.5) is 0 Å². The second-order valence-electron chi connectivity index (χ2n) is 15.0. The van der Waals surface area contributed by atoms with Crippen LogP contribution in [0.15, 0.2) is 71.8 Å². The zero-order valence-electron chi connectivity index (χ0n) is 29.1. The molecule has 5 rings (SSSR count). The van der Waals surface area contributed by atoms with Crippen molar-refractivity contribution in [2.24, 2.45) is 11.3 Å². The van der Waals surface area contributed by atoms with E-state index in [1.54, 1.807) is 0 Å². The number of allylic oxidation sites excluding steroid dienone is 4. The molecule has 0 heterocycles. The zero-order valence-corrected chi connectivity index (χ0v) is 33.1. The Hall–Kier alpha value is -1.53. The molecular weight excluding hydrogens is 655 g/mol. The summed E-state index contributed by atoms with van der Waals surface area (Å²) < 4.78 is 2.19. The fourth-order valence-corrected chi connectivity index (χ4v) is 5.86. The van der Waals surface area contributed by atoms with Gasteiger partial charge in [0.25, 0.3) is 0 Å². The molecular formula is C41H52Cl2Zr-2. The van der Waals surface area contributed by atoms with Gasteiger partial charge in [0.1, 0.15) is 0 Å². The Kier molecular flexibility index (Phi) is 15.0. The van der Waals surface area contributed by atoms with Crippen LogP contribution < -0.4 is 24.8 Å². The van der Waals surface area contributed by atoms with E-state index in [1.165, 1.54) is 79.9 Å². The first kappa shape index (κ1) is 40.5. The molecule has 0 radical (unpaired) electrons. The standard InChI is InChI=1S/C21H25.C12H19.C8H8.2ClH.Zr/c1-20(2,3)16-9-7-14-11-15-8-10-17(21(4,5)6)13-19(15)18(14)12-16;1-6-10-7-9(2)8-11(10)12(3,4)5;1-7-3-5-8(2)6-4-7;;;/h7,9-10,12-13H,11H2,1-6H3;8-9H,6H2,1-5H3;1,3-6H,2H3;2*1H;/q2*-1;;;;+2/p-2. The number of halogens is 2. The molecule has 0 saturated heterocycles. The smallest absolute Gasteiger partial charge is 1.00 e. The molecule has 0 amide bonds. The van der Waals surface area contributed by atoms with Crippen molar-refractivity contribution in [3.63, 3.8) is 0 Å². The second kappa shape index (κ2) is 16.3. The molecule has 1 unspecified atom stereocenters. The number of fused-ring (bicyclic) bond motifs is 3. The minimum absolute atomic E-state index is 0. The van der Waals surface area contributed by atoms with E-state index in [0.717, 1.165) is 12.8 Å². The van der Waals surface area contributed by atoms with E-state index in [4.69, 9.17) is 0 Å². The van der Waals surface area contributed by atoms with Crippen molar-refractivity contribution in [1.82, 2.24) is 0 Å². The first-order valence-electron chi connectivity index (χ1n) is 15.5. The Morgan fingerprint density at radius 3 is 1.84 bits per heavy atom. The van der Waals surface area contributed by atoms with E-state index >= 15 is 0 Å².